The number of benzene rings is 1. The first-order chi connectivity index (χ1) is 11.5. The van der Waals surface area contributed by atoms with Crippen LogP contribution in [0.15, 0.2) is 23.3 Å². The summed E-state index contributed by atoms with van der Waals surface area (Å²) in [6.07, 6.45) is 9.20. The molecule has 4 fully saturated rings. The lowest BCUT2D eigenvalue weighted by Crippen LogP contribution is -2.61. The highest BCUT2D eigenvalue weighted by Gasteiger charge is 2.51. The van der Waals surface area contributed by atoms with Crippen molar-refractivity contribution in [2.75, 3.05) is 0 Å². The first-order valence-corrected chi connectivity index (χ1v) is 9.37. The summed E-state index contributed by atoms with van der Waals surface area (Å²) < 4.78 is 13.7. The Bertz CT molecular complexity index is 635. The van der Waals surface area contributed by atoms with E-state index in [0.29, 0.717) is 10.1 Å². The Balaban J connectivity index is 1.38. The number of thiocarbonyl (C=S) groups is 1. The Kier molecular flexibility index (Phi) is 4.25. The van der Waals surface area contributed by atoms with E-state index in [1.165, 1.54) is 50.8 Å². The van der Waals surface area contributed by atoms with Gasteiger partial charge in [0.1, 0.15) is 5.82 Å². The zero-order chi connectivity index (χ0) is 16.7. The van der Waals surface area contributed by atoms with Crippen molar-refractivity contribution >= 4 is 35.1 Å². The summed E-state index contributed by atoms with van der Waals surface area (Å²) >= 11 is 11.4. The summed E-state index contributed by atoms with van der Waals surface area (Å²) in [4.78, 5) is 0. The zero-order valence-corrected chi connectivity index (χ0v) is 15.0. The van der Waals surface area contributed by atoms with Gasteiger partial charge in [-0.15, -0.1) is 0 Å². The van der Waals surface area contributed by atoms with Gasteiger partial charge in [-0.2, -0.15) is 5.10 Å². The smallest absolute Gasteiger partial charge is 0.187 e. The number of hydrazone groups is 1. The topological polar surface area (TPSA) is 36.4 Å². The van der Waals surface area contributed by atoms with Crippen LogP contribution in [0.25, 0.3) is 0 Å². The molecule has 4 bridgehead atoms. The van der Waals surface area contributed by atoms with Crippen LogP contribution >= 0.6 is 23.8 Å². The number of halogens is 2. The minimum absolute atomic E-state index is 0.143. The third-order valence-electron chi connectivity index (χ3n) is 5.78. The molecule has 6 heteroatoms. The Morgan fingerprint density at radius 3 is 2.42 bits per heavy atom. The Hall–Kier alpha value is -1.20. The normalized spacial score (nSPS) is 33.8. The minimum atomic E-state index is -0.395. The third kappa shape index (κ3) is 3.16. The second-order valence-electron chi connectivity index (χ2n) is 7.66. The van der Waals surface area contributed by atoms with Crippen molar-refractivity contribution in [3.05, 3.63) is 34.6 Å². The molecule has 4 aliphatic rings. The number of hydrogen-bond acceptors (Lipinski definition) is 2. The fourth-order valence-corrected chi connectivity index (χ4v) is 5.80. The molecule has 128 valence electrons. The molecule has 0 amide bonds. The van der Waals surface area contributed by atoms with Gasteiger partial charge < -0.3 is 5.32 Å². The summed E-state index contributed by atoms with van der Waals surface area (Å²) in [6.45, 7) is 0. The van der Waals surface area contributed by atoms with Crippen LogP contribution in [-0.2, 0) is 0 Å². The second-order valence-corrected chi connectivity index (χ2v) is 8.47. The molecule has 0 aliphatic heterocycles. The van der Waals surface area contributed by atoms with Crippen LogP contribution in [0.1, 0.15) is 44.1 Å². The SMILES string of the molecule is Fc1cccc(Cl)c1/C=N\NC(=S)NC12CC3CC(CC(C3)C1)C2. The average molecular weight is 366 g/mol. The molecular formula is C18H21ClFN3S. The molecule has 0 aromatic heterocycles. The zero-order valence-electron chi connectivity index (χ0n) is 13.4. The minimum Gasteiger partial charge on any atom is -0.356 e. The lowest BCUT2D eigenvalue weighted by molar-refractivity contribution is -0.0101. The molecule has 4 saturated carbocycles. The maximum Gasteiger partial charge on any atom is 0.187 e. The van der Waals surface area contributed by atoms with Gasteiger partial charge in [0.05, 0.1) is 11.2 Å². The standard InChI is InChI=1S/C18H21ClFN3S/c19-15-2-1-3-16(20)14(15)10-21-23-17(24)22-18-7-11-4-12(8-18)6-13(5-11)9-18/h1-3,10-13H,4-9H2,(H2,22,23,24)/b21-10-. The van der Waals surface area contributed by atoms with Crippen molar-refractivity contribution in [3.63, 3.8) is 0 Å². The van der Waals surface area contributed by atoms with Gasteiger partial charge in [0, 0.05) is 11.1 Å². The molecule has 2 N–H and O–H groups in total. The average Bonchev–Trinajstić information content (AvgIpc) is 2.48. The highest BCUT2D eigenvalue weighted by Crippen LogP contribution is 2.55. The lowest BCUT2D eigenvalue weighted by atomic mass is 9.53. The molecule has 0 saturated heterocycles. The number of nitrogens with one attached hydrogen (secondary N) is 2. The van der Waals surface area contributed by atoms with Crippen LogP contribution in [0.4, 0.5) is 4.39 Å². The summed E-state index contributed by atoms with van der Waals surface area (Å²) in [5.74, 6) is 2.17. The van der Waals surface area contributed by atoms with Crippen molar-refractivity contribution in [3.8, 4) is 0 Å². The van der Waals surface area contributed by atoms with Gasteiger partial charge in [-0.05, 0) is 80.6 Å². The van der Waals surface area contributed by atoms with E-state index < -0.39 is 5.82 Å². The summed E-state index contributed by atoms with van der Waals surface area (Å²) in [7, 11) is 0. The van der Waals surface area contributed by atoms with Gasteiger partial charge in [0.25, 0.3) is 0 Å². The van der Waals surface area contributed by atoms with Crippen LogP contribution < -0.4 is 10.7 Å². The van der Waals surface area contributed by atoms with Crippen molar-refractivity contribution < 1.29 is 4.39 Å². The molecule has 24 heavy (non-hydrogen) atoms. The van der Waals surface area contributed by atoms with Crippen LogP contribution in [0.2, 0.25) is 5.02 Å². The molecule has 0 spiro atoms. The maximum absolute atomic E-state index is 13.7. The quantitative estimate of drug-likeness (QED) is 0.477. The van der Waals surface area contributed by atoms with Crippen LogP contribution in [0, 0.1) is 23.6 Å². The van der Waals surface area contributed by atoms with Gasteiger partial charge in [-0.3, -0.25) is 5.43 Å². The monoisotopic (exact) mass is 365 g/mol. The van der Waals surface area contributed by atoms with Crippen LogP contribution in [0.5, 0.6) is 0 Å². The van der Waals surface area contributed by atoms with Gasteiger partial charge in [-0.1, -0.05) is 17.7 Å². The molecular weight excluding hydrogens is 345 g/mol. The molecule has 5 rings (SSSR count). The Morgan fingerprint density at radius 1 is 1.21 bits per heavy atom. The van der Waals surface area contributed by atoms with E-state index >= 15 is 0 Å². The summed E-state index contributed by atoms with van der Waals surface area (Å²) in [5.41, 5.74) is 3.24. The highest BCUT2D eigenvalue weighted by atomic mass is 35.5. The predicted molar refractivity (Wildman–Crippen MR) is 98.8 cm³/mol. The van der Waals surface area contributed by atoms with E-state index in [1.807, 2.05) is 0 Å². The van der Waals surface area contributed by atoms with Crippen molar-refractivity contribution in [2.24, 2.45) is 22.9 Å². The van der Waals surface area contributed by atoms with Crippen LogP contribution in [-0.4, -0.2) is 16.9 Å². The molecule has 1 aromatic carbocycles. The van der Waals surface area contributed by atoms with Crippen molar-refractivity contribution in [2.45, 2.75) is 44.1 Å². The maximum atomic E-state index is 13.7. The Labute approximate surface area is 152 Å². The summed E-state index contributed by atoms with van der Waals surface area (Å²) in [6, 6.07) is 4.57. The van der Waals surface area contributed by atoms with Crippen LogP contribution in [0.3, 0.4) is 0 Å². The molecule has 0 unspecified atom stereocenters. The van der Waals surface area contributed by atoms with Crippen molar-refractivity contribution in [1.82, 2.24) is 10.7 Å². The molecule has 1 aromatic rings. The molecule has 0 heterocycles. The van der Waals surface area contributed by atoms with E-state index in [1.54, 1.807) is 12.1 Å². The molecule has 0 atom stereocenters. The van der Waals surface area contributed by atoms with E-state index in [-0.39, 0.29) is 11.1 Å². The van der Waals surface area contributed by atoms with E-state index in [2.05, 4.69) is 15.8 Å². The van der Waals surface area contributed by atoms with E-state index in [4.69, 9.17) is 23.8 Å². The molecule has 3 nitrogen and oxygen atoms in total. The largest absolute Gasteiger partial charge is 0.356 e. The number of hydrogen-bond donors (Lipinski definition) is 2. The fourth-order valence-electron chi connectivity index (χ4n) is 5.32. The van der Waals surface area contributed by atoms with Gasteiger partial charge in [0.15, 0.2) is 5.11 Å². The number of rotatable bonds is 3. The first kappa shape index (κ1) is 16.3. The molecule has 0 radical (unpaired) electrons. The van der Waals surface area contributed by atoms with E-state index in [0.717, 1.165) is 17.8 Å². The predicted octanol–water partition coefficient (Wildman–Crippen LogP) is 4.25. The first-order valence-electron chi connectivity index (χ1n) is 8.58. The van der Waals surface area contributed by atoms with Crippen molar-refractivity contribution in [1.29, 1.82) is 0 Å². The Morgan fingerprint density at radius 2 is 1.83 bits per heavy atom. The summed E-state index contributed by atoms with van der Waals surface area (Å²) in [5, 5.41) is 8.43. The third-order valence-corrected chi connectivity index (χ3v) is 6.30. The molecule has 4 aliphatic carbocycles. The van der Waals surface area contributed by atoms with Gasteiger partial charge >= 0.3 is 0 Å². The van der Waals surface area contributed by atoms with E-state index in [9.17, 15) is 4.39 Å². The lowest BCUT2D eigenvalue weighted by Gasteiger charge is -2.57. The van der Waals surface area contributed by atoms with Gasteiger partial charge in [0.2, 0.25) is 0 Å². The number of nitrogens with zero attached hydrogens (tertiary/aromatic N) is 1. The second kappa shape index (κ2) is 6.26. The highest BCUT2D eigenvalue weighted by molar-refractivity contribution is 7.80. The van der Waals surface area contributed by atoms with Gasteiger partial charge in [-0.25, -0.2) is 4.39 Å². The fraction of sp³-hybridized carbons (Fsp3) is 0.556.